The summed E-state index contributed by atoms with van der Waals surface area (Å²) in [6.07, 6.45) is 0. The summed E-state index contributed by atoms with van der Waals surface area (Å²) in [7, 11) is 0. The van der Waals surface area contributed by atoms with Crippen LogP contribution in [0.25, 0.3) is 120 Å². The maximum absolute atomic E-state index is 6.79. The molecular weight excluding hydrogens is 749 g/mol. The molecule has 0 aliphatic rings. The minimum absolute atomic E-state index is 0.711. The van der Waals surface area contributed by atoms with Gasteiger partial charge in [-0.2, -0.15) is 0 Å². The highest BCUT2D eigenvalue weighted by atomic mass is 32.1. The Bertz CT molecular complexity index is 3530. The third-order valence-electron chi connectivity index (χ3n) is 11.7. The number of thiophene rings is 1. The van der Waals surface area contributed by atoms with Gasteiger partial charge in [0.05, 0.1) is 11.4 Å². The van der Waals surface area contributed by atoms with Crippen LogP contribution in [0.2, 0.25) is 0 Å². The standard InChI is InChI=1S/C56H34N2OS/c1-3-14-36(15-4-1)49-34-50(58-56(57-49)38-16-5-2-6-17-38)37-30-28-35(29-31-37)39-18-11-19-40(32-39)47-33-48-53-43(23-13-26-51(53)59-54(48)44-22-8-7-20-41(44)47)46-25-12-24-45-42-21-9-10-27-52(42)60-55(45)46/h1-34H. The van der Waals surface area contributed by atoms with E-state index in [1.54, 1.807) is 0 Å². The molecule has 0 aliphatic carbocycles. The lowest BCUT2D eigenvalue weighted by Crippen LogP contribution is -1.95. The highest BCUT2D eigenvalue weighted by Crippen LogP contribution is 2.46. The van der Waals surface area contributed by atoms with Gasteiger partial charge in [0, 0.05) is 58.6 Å². The van der Waals surface area contributed by atoms with E-state index in [4.69, 9.17) is 14.4 Å². The van der Waals surface area contributed by atoms with Crippen LogP contribution in [0.1, 0.15) is 0 Å². The summed E-state index contributed by atoms with van der Waals surface area (Å²) in [5, 5.41) is 7.13. The molecule has 60 heavy (non-hydrogen) atoms. The number of furan rings is 1. The highest BCUT2D eigenvalue weighted by molar-refractivity contribution is 7.26. The Morgan fingerprint density at radius 2 is 0.933 bits per heavy atom. The van der Waals surface area contributed by atoms with Gasteiger partial charge < -0.3 is 4.42 Å². The summed E-state index contributed by atoms with van der Waals surface area (Å²) in [4.78, 5) is 10.0. The van der Waals surface area contributed by atoms with Crippen molar-refractivity contribution in [1.29, 1.82) is 0 Å². The first-order valence-corrected chi connectivity index (χ1v) is 21.0. The first kappa shape index (κ1) is 34.4. The monoisotopic (exact) mass is 782 g/mol. The Kier molecular flexibility index (Phi) is 8.03. The SMILES string of the molecule is c1ccc(-c2cc(-c3ccc(-c4cccc(-c5cc6c(oc7cccc(-c8cccc9c8sc8ccccc89)c76)c6ccccc56)c4)cc3)nc(-c3ccccc3)n2)cc1. The van der Waals surface area contributed by atoms with Gasteiger partial charge in [0.15, 0.2) is 5.82 Å². The molecule has 4 heteroatoms. The third kappa shape index (κ3) is 5.72. The van der Waals surface area contributed by atoms with Crippen LogP contribution < -0.4 is 0 Å². The van der Waals surface area contributed by atoms with Gasteiger partial charge in [-0.05, 0) is 63.5 Å². The van der Waals surface area contributed by atoms with E-state index in [0.717, 1.165) is 77.5 Å². The number of fused-ring (bicyclic) bond motifs is 8. The maximum Gasteiger partial charge on any atom is 0.160 e. The minimum Gasteiger partial charge on any atom is -0.455 e. The largest absolute Gasteiger partial charge is 0.455 e. The maximum atomic E-state index is 6.79. The molecule has 280 valence electrons. The van der Waals surface area contributed by atoms with Gasteiger partial charge in [0.2, 0.25) is 0 Å². The average Bonchev–Trinajstić information content (AvgIpc) is 3.91. The van der Waals surface area contributed by atoms with Crippen molar-refractivity contribution in [2.45, 2.75) is 0 Å². The number of benzene rings is 9. The van der Waals surface area contributed by atoms with Gasteiger partial charge >= 0.3 is 0 Å². The van der Waals surface area contributed by atoms with Gasteiger partial charge in [-0.15, -0.1) is 11.3 Å². The van der Waals surface area contributed by atoms with Crippen molar-refractivity contribution < 1.29 is 4.42 Å². The number of rotatable bonds is 6. The first-order valence-electron chi connectivity index (χ1n) is 20.2. The Hall–Kier alpha value is -7.66. The molecular formula is C56H34N2OS. The second kappa shape index (κ2) is 14.0. The van der Waals surface area contributed by atoms with E-state index in [9.17, 15) is 0 Å². The Morgan fingerprint density at radius 1 is 0.350 bits per heavy atom. The molecule has 9 aromatic carbocycles. The normalized spacial score (nSPS) is 11.7. The molecule has 0 amide bonds. The van der Waals surface area contributed by atoms with Gasteiger partial charge in [-0.3, -0.25) is 0 Å². The highest BCUT2D eigenvalue weighted by Gasteiger charge is 2.20. The fourth-order valence-electron chi connectivity index (χ4n) is 8.84. The summed E-state index contributed by atoms with van der Waals surface area (Å²) in [6.45, 7) is 0. The zero-order valence-electron chi connectivity index (χ0n) is 32.3. The predicted octanol–water partition coefficient (Wildman–Crippen LogP) is 15.9. The molecule has 0 spiro atoms. The van der Waals surface area contributed by atoms with Crippen molar-refractivity contribution in [3.63, 3.8) is 0 Å². The van der Waals surface area contributed by atoms with Crippen LogP contribution >= 0.6 is 11.3 Å². The van der Waals surface area contributed by atoms with Crippen molar-refractivity contribution in [3.05, 3.63) is 206 Å². The second-order valence-corrected chi connectivity index (χ2v) is 16.3. The van der Waals surface area contributed by atoms with Crippen LogP contribution in [0, 0.1) is 0 Å². The summed E-state index contributed by atoms with van der Waals surface area (Å²) in [5.74, 6) is 0.711. The molecule has 0 fully saturated rings. The molecule has 0 radical (unpaired) electrons. The van der Waals surface area contributed by atoms with Crippen LogP contribution in [0.15, 0.2) is 211 Å². The molecule has 0 bridgehead atoms. The molecule has 0 saturated carbocycles. The molecule has 0 aliphatic heterocycles. The summed E-state index contributed by atoms with van der Waals surface area (Å²) in [6, 6.07) is 73.1. The Labute approximate surface area is 350 Å². The molecule has 3 aromatic heterocycles. The zero-order valence-corrected chi connectivity index (χ0v) is 33.2. The van der Waals surface area contributed by atoms with Crippen molar-refractivity contribution in [3.8, 4) is 67.3 Å². The van der Waals surface area contributed by atoms with Crippen molar-refractivity contribution >= 4 is 64.2 Å². The molecule has 12 rings (SSSR count). The van der Waals surface area contributed by atoms with E-state index in [-0.39, 0.29) is 0 Å². The molecule has 3 heterocycles. The van der Waals surface area contributed by atoms with E-state index < -0.39 is 0 Å². The molecule has 3 nitrogen and oxygen atoms in total. The molecule has 0 saturated heterocycles. The van der Waals surface area contributed by atoms with E-state index in [1.165, 1.54) is 36.9 Å². The number of hydrogen-bond acceptors (Lipinski definition) is 4. The van der Waals surface area contributed by atoms with Crippen molar-refractivity contribution in [1.82, 2.24) is 9.97 Å². The van der Waals surface area contributed by atoms with Crippen LogP contribution in [-0.2, 0) is 0 Å². The smallest absolute Gasteiger partial charge is 0.160 e. The number of aromatic nitrogens is 2. The predicted molar refractivity (Wildman–Crippen MR) is 252 cm³/mol. The van der Waals surface area contributed by atoms with Crippen molar-refractivity contribution in [2.75, 3.05) is 0 Å². The second-order valence-electron chi connectivity index (χ2n) is 15.3. The molecule has 0 unspecified atom stereocenters. The zero-order chi connectivity index (χ0) is 39.6. The average molecular weight is 783 g/mol. The fraction of sp³-hybridized carbons (Fsp3) is 0. The van der Waals surface area contributed by atoms with Crippen molar-refractivity contribution in [2.24, 2.45) is 0 Å². The minimum atomic E-state index is 0.711. The van der Waals surface area contributed by atoms with Crippen LogP contribution in [0.4, 0.5) is 0 Å². The molecule has 0 N–H and O–H groups in total. The van der Waals surface area contributed by atoms with E-state index in [0.29, 0.717) is 5.82 Å². The first-order chi connectivity index (χ1) is 29.7. The number of hydrogen-bond donors (Lipinski definition) is 0. The van der Waals surface area contributed by atoms with E-state index in [2.05, 4.69) is 170 Å². The van der Waals surface area contributed by atoms with Crippen LogP contribution in [0.5, 0.6) is 0 Å². The van der Waals surface area contributed by atoms with Gasteiger partial charge in [0.1, 0.15) is 11.2 Å². The third-order valence-corrected chi connectivity index (χ3v) is 12.9. The van der Waals surface area contributed by atoms with Gasteiger partial charge in [0.25, 0.3) is 0 Å². The fourth-order valence-corrected chi connectivity index (χ4v) is 10.1. The lowest BCUT2D eigenvalue weighted by molar-refractivity contribution is 0.673. The summed E-state index contributed by atoms with van der Waals surface area (Å²) >= 11 is 1.86. The van der Waals surface area contributed by atoms with Gasteiger partial charge in [-0.1, -0.05) is 176 Å². The van der Waals surface area contributed by atoms with E-state index >= 15 is 0 Å². The Morgan fingerprint density at radius 3 is 1.73 bits per heavy atom. The van der Waals surface area contributed by atoms with Crippen LogP contribution in [-0.4, -0.2) is 9.97 Å². The lowest BCUT2D eigenvalue weighted by atomic mass is 9.91. The summed E-state index contributed by atoms with van der Waals surface area (Å²) in [5.41, 5.74) is 13.7. The molecule has 12 aromatic rings. The van der Waals surface area contributed by atoms with Gasteiger partial charge in [-0.25, -0.2) is 9.97 Å². The lowest BCUT2D eigenvalue weighted by Gasteiger charge is -2.12. The van der Waals surface area contributed by atoms with E-state index in [1.807, 2.05) is 47.7 Å². The number of nitrogens with zero attached hydrogens (tertiary/aromatic N) is 2. The Balaban J connectivity index is 0.972. The van der Waals surface area contributed by atoms with Crippen LogP contribution in [0.3, 0.4) is 0 Å². The molecule has 0 atom stereocenters. The topological polar surface area (TPSA) is 38.9 Å². The summed E-state index contributed by atoms with van der Waals surface area (Å²) < 4.78 is 9.39. The quantitative estimate of drug-likeness (QED) is 0.169.